The van der Waals surface area contributed by atoms with Gasteiger partial charge in [0.2, 0.25) is 11.8 Å². The minimum atomic E-state index is -4.44. The van der Waals surface area contributed by atoms with E-state index in [4.69, 9.17) is 0 Å². The number of anilines is 1. The lowest BCUT2D eigenvalue weighted by Crippen LogP contribution is -2.33. The second kappa shape index (κ2) is 8.70. The SMILES string of the molecule is CC(=O)N(CCC(=O)NCc1ccc(C)cc1)c1ccc(C(F)(F)F)cc1. The third-order valence-electron chi connectivity index (χ3n) is 4.06. The first-order valence-electron chi connectivity index (χ1n) is 8.44. The molecule has 2 amide bonds. The number of rotatable bonds is 6. The summed E-state index contributed by atoms with van der Waals surface area (Å²) in [5.41, 5.74) is 1.62. The minimum Gasteiger partial charge on any atom is -0.352 e. The van der Waals surface area contributed by atoms with Gasteiger partial charge in [0.05, 0.1) is 5.56 Å². The molecule has 7 heteroatoms. The van der Waals surface area contributed by atoms with E-state index in [0.29, 0.717) is 12.2 Å². The van der Waals surface area contributed by atoms with Crippen molar-refractivity contribution < 1.29 is 22.8 Å². The highest BCUT2D eigenvalue weighted by Crippen LogP contribution is 2.30. The molecule has 0 spiro atoms. The van der Waals surface area contributed by atoms with Crippen LogP contribution in [0, 0.1) is 6.92 Å². The van der Waals surface area contributed by atoms with E-state index in [-0.39, 0.29) is 24.8 Å². The zero-order chi connectivity index (χ0) is 20.0. The summed E-state index contributed by atoms with van der Waals surface area (Å²) in [6, 6.07) is 12.0. The largest absolute Gasteiger partial charge is 0.416 e. The Morgan fingerprint density at radius 1 is 1.00 bits per heavy atom. The molecule has 0 atom stereocenters. The molecule has 0 bridgehead atoms. The average Bonchev–Trinajstić information content (AvgIpc) is 2.61. The van der Waals surface area contributed by atoms with E-state index in [1.165, 1.54) is 24.0 Å². The lowest BCUT2D eigenvalue weighted by atomic mass is 10.1. The number of aryl methyl sites for hydroxylation is 1. The van der Waals surface area contributed by atoms with E-state index in [1.807, 2.05) is 31.2 Å². The average molecular weight is 378 g/mol. The second-order valence-corrected chi connectivity index (χ2v) is 6.23. The highest BCUT2D eigenvalue weighted by molar-refractivity contribution is 5.92. The zero-order valence-corrected chi connectivity index (χ0v) is 15.1. The number of benzene rings is 2. The third kappa shape index (κ3) is 6.13. The highest BCUT2D eigenvalue weighted by Gasteiger charge is 2.30. The van der Waals surface area contributed by atoms with Crippen LogP contribution in [0.25, 0.3) is 0 Å². The molecule has 4 nitrogen and oxygen atoms in total. The summed E-state index contributed by atoms with van der Waals surface area (Å²) < 4.78 is 37.9. The van der Waals surface area contributed by atoms with Crippen LogP contribution in [0.5, 0.6) is 0 Å². The van der Waals surface area contributed by atoms with E-state index >= 15 is 0 Å². The molecule has 144 valence electrons. The van der Waals surface area contributed by atoms with Gasteiger partial charge in [0.1, 0.15) is 0 Å². The molecule has 0 fully saturated rings. The maximum Gasteiger partial charge on any atom is 0.416 e. The molecular formula is C20H21F3N2O2. The lowest BCUT2D eigenvalue weighted by molar-refractivity contribution is -0.137. The summed E-state index contributed by atoms with van der Waals surface area (Å²) in [7, 11) is 0. The first-order valence-corrected chi connectivity index (χ1v) is 8.44. The normalized spacial score (nSPS) is 11.1. The van der Waals surface area contributed by atoms with Crippen molar-refractivity contribution in [1.29, 1.82) is 0 Å². The molecule has 0 aliphatic rings. The van der Waals surface area contributed by atoms with Gasteiger partial charge in [-0.2, -0.15) is 13.2 Å². The topological polar surface area (TPSA) is 49.4 Å². The van der Waals surface area contributed by atoms with Crippen LogP contribution in [0.3, 0.4) is 0 Å². The van der Waals surface area contributed by atoms with Gasteiger partial charge >= 0.3 is 6.18 Å². The smallest absolute Gasteiger partial charge is 0.352 e. The maximum atomic E-state index is 12.6. The Hall–Kier alpha value is -2.83. The molecule has 1 N–H and O–H groups in total. The molecule has 0 saturated heterocycles. The second-order valence-electron chi connectivity index (χ2n) is 6.23. The molecule has 0 aliphatic carbocycles. The van der Waals surface area contributed by atoms with E-state index in [0.717, 1.165) is 23.3 Å². The molecule has 27 heavy (non-hydrogen) atoms. The van der Waals surface area contributed by atoms with E-state index in [1.54, 1.807) is 0 Å². The predicted octanol–water partition coefficient (Wildman–Crippen LogP) is 4.07. The number of nitrogens with zero attached hydrogens (tertiary/aromatic N) is 1. The van der Waals surface area contributed by atoms with Crippen LogP contribution in [0.1, 0.15) is 30.0 Å². The maximum absolute atomic E-state index is 12.6. The number of alkyl halides is 3. The molecule has 0 aliphatic heterocycles. The number of hydrogen-bond acceptors (Lipinski definition) is 2. The summed E-state index contributed by atoms with van der Waals surface area (Å²) in [5.74, 6) is -0.588. The number of carbonyl (C=O) groups excluding carboxylic acids is 2. The van der Waals surface area contributed by atoms with Crippen LogP contribution in [-0.4, -0.2) is 18.4 Å². The standard InChI is InChI=1S/C20H21F3N2O2/c1-14-3-5-16(6-4-14)13-24-19(27)11-12-25(15(2)26)18-9-7-17(8-10-18)20(21,22)23/h3-10H,11-13H2,1-2H3,(H,24,27). The Morgan fingerprint density at radius 3 is 2.11 bits per heavy atom. The summed E-state index contributed by atoms with van der Waals surface area (Å²) in [4.78, 5) is 25.1. The third-order valence-corrected chi connectivity index (χ3v) is 4.06. The number of nitrogens with one attached hydrogen (secondary N) is 1. The van der Waals surface area contributed by atoms with Crippen LogP contribution < -0.4 is 10.2 Å². The zero-order valence-electron chi connectivity index (χ0n) is 15.1. The van der Waals surface area contributed by atoms with E-state index < -0.39 is 11.7 Å². The molecule has 0 heterocycles. The van der Waals surface area contributed by atoms with Gasteiger partial charge in [-0.3, -0.25) is 9.59 Å². The number of hydrogen-bond donors (Lipinski definition) is 1. The number of halogens is 3. The van der Waals surface area contributed by atoms with Crippen molar-refractivity contribution in [2.24, 2.45) is 0 Å². The van der Waals surface area contributed by atoms with Gasteiger partial charge in [-0.1, -0.05) is 29.8 Å². The number of amides is 2. The van der Waals surface area contributed by atoms with Gasteiger partial charge in [-0.25, -0.2) is 0 Å². The van der Waals surface area contributed by atoms with Crippen molar-refractivity contribution in [1.82, 2.24) is 5.32 Å². The Balaban J connectivity index is 1.93. The minimum absolute atomic E-state index is 0.0481. The summed E-state index contributed by atoms with van der Waals surface area (Å²) in [6.07, 6.45) is -4.39. The predicted molar refractivity (Wildman–Crippen MR) is 97.1 cm³/mol. The summed E-state index contributed by atoms with van der Waals surface area (Å²) in [6.45, 7) is 3.74. The fourth-order valence-corrected chi connectivity index (χ4v) is 2.51. The fourth-order valence-electron chi connectivity index (χ4n) is 2.51. The Morgan fingerprint density at radius 2 is 1.59 bits per heavy atom. The molecule has 0 radical (unpaired) electrons. The van der Waals surface area contributed by atoms with Gasteiger partial charge in [0.25, 0.3) is 0 Å². The van der Waals surface area contributed by atoms with Crippen LogP contribution in [0.2, 0.25) is 0 Å². The van der Waals surface area contributed by atoms with Crippen molar-refractivity contribution in [3.05, 3.63) is 65.2 Å². The van der Waals surface area contributed by atoms with Crippen molar-refractivity contribution >= 4 is 17.5 Å². The quantitative estimate of drug-likeness (QED) is 0.824. The molecule has 0 unspecified atom stereocenters. The summed E-state index contributed by atoms with van der Waals surface area (Å²) in [5, 5.41) is 2.77. The lowest BCUT2D eigenvalue weighted by Gasteiger charge is -2.21. The highest BCUT2D eigenvalue weighted by atomic mass is 19.4. The Kier molecular flexibility index (Phi) is 6.60. The van der Waals surface area contributed by atoms with Gasteiger partial charge in [-0.15, -0.1) is 0 Å². The van der Waals surface area contributed by atoms with Gasteiger partial charge in [0.15, 0.2) is 0 Å². The van der Waals surface area contributed by atoms with Gasteiger partial charge in [0, 0.05) is 32.1 Å². The Labute approximate surface area is 156 Å². The van der Waals surface area contributed by atoms with Crippen LogP contribution in [0.15, 0.2) is 48.5 Å². The molecular weight excluding hydrogens is 357 g/mol. The first-order chi connectivity index (χ1) is 12.7. The van der Waals surface area contributed by atoms with Gasteiger partial charge < -0.3 is 10.2 Å². The van der Waals surface area contributed by atoms with Crippen molar-refractivity contribution in [2.75, 3.05) is 11.4 Å². The summed E-state index contributed by atoms with van der Waals surface area (Å²) >= 11 is 0. The van der Waals surface area contributed by atoms with Crippen LogP contribution in [0.4, 0.5) is 18.9 Å². The van der Waals surface area contributed by atoms with Crippen molar-refractivity contribution in [3.8, 4) is 0 Å². The van der Waals surface area contributed by atoms with E-state index in [2.05, 4.69) is 5.32 Å². The molecule has 0 saturated carbocycles. The van der Waals surface area contributed by atoms with Crippen LogP contribution >= 0.6 is 0 Å². The van der Waals surface area contributed by atoms with E-state index in [9.17, 15) is 22.8 Å². The van der Waals surface area contributed by atoms with Crippen molar-refractivity contribution in [3.63, 3.8) is 0 Å². The monoisotopic (exact) mass is 378 g/mol. The Bertz CT molecular complexity index is 784. The molecule has 2 aromatic carbocycles. The van der Waals surface area contributed by atoms with Crippen LogP contribution in [-0.2, 0) is 22.3 Å². The fraction of sp³-hybridized carbons (Fsp3) is 0.300. The van der Waals surface area contributed by atoms with Gasteiger partial charge in [-0.05, 0) is 36.8 Å². The number of carbonyl (C=O) groups is 2. The van der Waals surface area contributed by atoms with Crippen molar-refractivity contribution in [2.45, 2.75) is 33.0 Å². The molecule has 2 rings (SSSR count). The molecule has 2 aromatic rings. The first kappa shape index (κ1) is 20.5. The molecule has 0 aromatic heterocycles.